The lowest BCUT2D eigenvalue weighted by atomic mass is 10.2. The highest BCUT2D eigenvalue weighted by Gasteiger charge is 2.07. The standard InChI is InChI=1S/C22H27N5OS2/c1-4-26(2)11-12-27(3)22-10-6-16-13-18(7-8-19(16)24-22)30-25-21-9-5-17(14-23-21)20(28)15-29/h5-10,13-14,29H,4,11-12,15H2,1-3H3,(H,23,25). The second kappa shape index (κ2) is 10.7. The van der Waals surface area contributed by atoms with E-state index in [1.54, 1.807) is 18.3 Å². The number of nitrogens with one attached hydrogen (secondary N) is 1. The Labute approximate surface area is 187 Å². The molecule has 0 unspecified atom stereocenters. The first-order valence-corrected chi connectivity index (χ1v) is 11.3. The Bertz CT molecular complexity index is 996. The minimum atomic E-state index is -0.0329. The summed E-state index contributed by atoms with van der Waals surface area (Å²) in [5.41, 5.74) is 1.54. The minimum Gasteiger partial charge on any atom is -0.358 e. The van der Waals surface area contributed by atoms with Crippen LogP contribution in [-0.4, -0.2) is 60.1 Å². The first-order chi connectivity index (χ1) is 14.5. The molecule has 0 aliphatic carbocycles. The van der Waals surface area contributed by atoms with Gasteiger partial charge < -0.3 is 14.5 Å². The van der Waals surface area contributed by atoms with Gasteiger partial charge in [-0.05, 0) is 68.0 Å². The summed E-state index contributed by atoms with van der Waals surface area (Å²) in [6.45, 7) is 5.15. The van der Waals surface area contributed by atoms with Crippen LogP contribution in [0.2, 0.25) is 0 Å². The van der Waals surface area contributed by atoms with Crippen molar-refractivity contribution in [2.24, 2.45) is 0 Å². The molecule has 0 saturated carbocycles. The van der Waals surface area contributed by atoms with Gasteiger partial charge in [-0.25, -0.2) is 9.97 Å². The zero-order valence-corrected chi connectivity index (χ0v) is 19.2. The lowest BCUT2D eigenvalue weighted by Crippen LogP contribution is -2.31. The van der Waals surface area contributed by atoms with Crippen molar-refractivity contribution in [2.75, 3.05) is 49.1 Å². The van der Waals surface area contributed by atoms with Gasteiger partial charge in [0.15, 0.2) is 5.78 Å². The summed E-state index contributed by atoms with van der Waals surface area (Å²) >= 11 is 5.48. The largest absolute Gasteiger partial charge is 0.358 e. The van der Waals surface area contributed by atoms with Gasteiger partial charge >= 0.3 is 0 Å². The fourth-order valence-electron chi connectivity index (χ4n) is 2.78. The van der Waals surface area contributed by atoms with Crippen molar-refractivity contribution in [2.45, 2.75) is 11.8 Å². The van der Waals surface area contributed by atoms with Gasteiger partial charge in [-0.1, -0.05) is 6.92 Å². The SMILES string of the molecule is CCN(C)CCN(C)c1ccc2cc(SNc3ccc(C(=O)CS)cn3)ccc2n1. The number of carbonyl (C=O) groups excluding carboxylic acids is 1. The Balaban J connectivity index is 1.63. The van der Waals surface area contributed by atoms with Gasteiger partial charge in [-0.2, -0.15) is 12.6 Å². The highest BCUT2D eigenvalue weighted by atomic mass is 32.2. The number of ketones is 1. The number of nitrogens with zero attached hydrogens (tertiary/aromatic N) is 4. The van der Waals surface area contributed by atoms with Crippen molar-refractivity contribution in [1.82, 2.24) is 14.9 Å². The molecule has 6 nitrogen and oxygen atoms in total. The lowest BCUT2D eigenvalue weighted by Gasteiger charge is -2.22. The molecule has 0 bridgehead atoms. The van der Waals surface area contributed by atoms with Crippen LogP contribution in [0.15, 0.2) is 53.6 Å². The van der Waals surface area contributed by atoms with Gasteiger partial charge in [-0.3, -0.25) is 4.79 Å². The average molecular weight is 442 g/mol. The summed E-state index contributed by atoms with van der Waals surface area (Å²) in [5, 5.41) is 1.09. The van der Waals surface area contributed by atoms with E-state index in [1.807, 2.05) is 12.1 Å². The molecule has 0 atom stereocenters. The van der Waals surface area contributed by atoms with E-state index in [2.05, 4.69) is 71.4 Å². The van der Waals surface area contributed by atoms with Gasteiger partial charge in [-0.15, -0.1) is 0 Å². The second-order valence-electron chi connectivity index (χ2n) is 7.06. The van der Waals surface area contributed by atoms with Crippen molar-refractivity contribution >= 4 is 52.9 Å². The van der Waals surface area contributed by atoms with Crippen LogP contribution < -0.4 is 9.62 Å². The van der Waals surface area contributed by atoms with Gasteiger partial charge in [0.2, 0.25) is 0 Å². The molecule has 0 saturated heterocycles. The number of benzene rings is 1. The van der Waals surface area contributed by atoms with Crippen LogP contribution in [0.3, 0.4) is 0 Å². The Morgan fingerprint density at radius 3 is 2.67 bits per heavy atom. The highest BCUT2D eigenvalue weighted by Crippen LogP contribution is 2.25. The molecule has 0 amide bonds. The molecule has 3 aromatic rings. The van der Waals surface area contributed by atoms with Crippen LogP contribution in [0, 0.1) is 0 Å². The molecule has 1 N–H and O–H groups in total. The molecule has 1 aromatic carbocycles. The molecule has 2 aromatic heterocycles. The molecule has 0 fully saturated rings. The first kappa shape index (κ1) is 22.4. The number of pyridine rings is 2. The van der Waals surface area contributed by atoms with Gasteiger partial charge in [0.1, 0.15) is 11.6 Å². The molecule has 0 radical (unpaired) electrons. The van der Waals surface area contributed by atoms with Crippen LogP contribution >= 0.6 is 24.6 Å². The van der Waals surface area contributed by atoms with E-state index >= 15 is 0 Å². The first-order valence-electron chi connectivity index (χ1n) is 9.83. The Kier molecular flexibility index (Phi) is 7.95. The van der Waals surface area contributed by atoms with Crippen LogP contribution in [-0.2, 0) is 0 Å². The van der Waals surface area contributed by atoms with Gasteiger partial charge in [0, 0.05) is 42.2 Å². The summed E-state index contributed by atoms with van der Waals surface area (Å²) in [6.07, 6.45) is 1.57. The number of likely N-dealkylation sites (N-methyl/N-ethyl adjacent to an activating group) is 2. The number of thiol groups is 1. The molecule has 0 spiro atoms. The third-order valence-electron chi connectivity index (χ3n) is 4.90. The smallest absolute Gasteiger partial charge is 0.174 e. The molecule has 3 rings (SSSR count). The van der Waals surface area contributed by atoms with Crippen molar-refractivity contribution in [3.63, 3.8) is 0 Å². The molecule has 2 heterocycles. The predicted molar refractivity (Wildman–Crippen MR) is 130 cm³/mol. The Morgan fingerprint density at radius 2 is 1.97 bits per heavy atom. The number of aromatic nitrogens is 2. The topological polar surface area (TPSA) is 61.4 Å². The highest BCUT2D eigenvalue weighted by molar-refractivity contribution is 8.00. The summed E-state index contributed by atoms with van der Waals surface area (Å²) in [4.78, 5) is 26.2. The summed E-state index contributed by atoms with van der Waals surface area (Å²) < 4.78 is 3.21. The van der Waals surface area contributed by atoms with Crippen molar-refractivity contribution in [3.05, 3.63) is 54.2 Å². The number of hydrogen-bond acceptors (Lipinski definition) is 8. The number of Topliss-reactive ketones (excluding diaryl/α,β-unsaturated/α-hetero) is 1. The molecule has 158 valence electrons. The number of carbonyl (C=O) groups is 1. The fraction of sp³-hybridized carbons (Fsp3) is 0.318. The molecule has 0 aliphatic heterocycles. The number of anilines is 2. The second-order valence-corrected chi connectivity index (χ2v) is 8.25. The van der Waals surface area contributed by atoms with Gasteiger partial charge in [0.05, 0.1) is 11.3 Å². The third kappa shape index (κ3) is 5.87. The van der Waals surface area contributed by atoms with E-state index in [4.69, 9.17) is 4.98 Å². The van der Waals surface area contributed by atoms with E-state index in [1.165, 1.54) is 11.9 Å². The normalized spacial score (nSPS) is 11.1. The monoisotopic (exact) mass is 441 g/mol. The summed E-state index contributed by atoms with van der Waals surface area (Å²) in [6, 6.07) is 13.9. The molecule has 8 heteroatoms. The third-order valence-corrected chi connectivity index (χ3v) is 5.98. The van der Waals surface area contributed by atoms with Crippen LogP contribution in [0.5, 0.6) is 0 Å². The Morgan fingerprint density at radius 1 is 1.13 bits per heavy atom. The fourth-order valence-corrected chi connectivity index (χ4v) is 3.63. The molecular weight excluding hydrogens is 414 g/mol. The van der Waals surface area contributed by atoms with E-state index in [0.717, 1.165) is 41.3 Å². The molecule has 30 heavy (non-hydrogen) atoms. The van der Waals surface area contributed by atoms with Crippen LogP contribution in [0.1, 0.15) is 17.3 Å². The maximum atomic E-state index is 11.6. The summed E-state index contributed by atoms with van der Waals surface area (Å²) in [7, 11) is 4.20. The minimum absolute atomic E-state index is 0.0329. The van der Waals surface area contributed by atoms with E-state index in [-0.39, 0.29) is 11.5 Å². The maximum absolute atomic E-state index is 11.6. The molecule has 0 aliphatic rings. The van der Waals surface area contributed by atoms with E-state index < -0.39 is 0 Å². The average Bonchev–Trinajstić information content (AvgIpc) is 2.80. The lowest BCUT2D eigenvalue weighted by molar-refractivity contribution is 0.102. The van der Waals surface area contributed by atoms with Crippen LogP contribution in [0.4, 0.5) is 11.6 Å². The van der Waals surface area contributed by atoms with E-state index in [9.17, 15) is 4.79 Å². The van der Waals surface area contributed by atoms with Crippen molar-refractivity contribution < 1.29 is 4.79 Å². The number of hydrogen-bond donors (Lipinski definition) is 2. The maximum Gasteiger partial charge on any atom is 0.174 e. The Hall–Kier alpha value is -2.29. The zero-order chi connectivity index (χ0) is 21.5. The van der Waals surface area contributed by atoms with Crippen LogP contribution in [0.25, 0.3) is 10.9 Å². The van der Waals surface area contributed by atoms with Gasteiger partial charge in [0.25, 0.3) is 0 Å². The molecular formula is C22H27N5OS2. The van der Waals surface area contributed by atoms with Crippen molar-refractivity contribution in [1.29, 1.82) is 0 Å². The number of rotatable bonds is 10. The van der Waals surface area contributed by atoms with E-state index in [0.29, 0.717) is 11.4 Å². The number of fused-ring (bicyclic) bond motifs is 1. The zero-order valence-electron chi connectivity index (χ0n) is 17.5. The van der Waals surface area contributed by atoms with Crippen molar-refractivity contribution in [3.8, 4) is 0 Å². The quantitative estimate of drug-likeness (QED) is 0.277. The predicted octanol–water partition coefficient (Wildman–Crippen LogP) is 4.25. The summed E-state index contributed by atoms with van der Waals surface area (Å²) in [5.74, 6) is 1.82.